The highest BCUT2D eigenvalue weighted by atomic mass is 15.0. The van der Waals surface area contributed by atoms with Crippen LogP contribution in [-0.4, -0.2) is 16.1 Å². The Bertz CT molecular complexity index is 471. The molecule has 2 aromatic rings. The Kier molecular flexibility index (Phi) is 4.53. The number of rotatable bonds is 6. The predicted molar refractivity (Wildman–Crippen MR) is 74.5 cm³/mol. The van der Waals surface area contributed by atoms with E-state index in [4.69, 9.17) is 0 Å². The molecule has 0 saturated heterocycles. The van der Waals surface area contributed by atoms with E-state index in [1.807, 2.05) is 6.33 Å². The van der Waals surface area contributed by atoms with Crippen molar-refractivity contribution < 1.29 is 0 Å². The molecule has 0 aliphatic heterocycles. The molecule has 1 N–H and O–H groups in total. The van der Waals surface area contributed by atoms with Crippen molar-refractivity contribution in [3.05, 3.63) is 53.6 Å². The molecule has 0 radical (unpaired) electrons. The summed E-state index contributed by atoms with van der Waals surface area (Å²) < 4.78 is 2.13. The monoisotopic (exact) mass is 243 g/mol. The summed E-state index contributed by atoms with van der Waals surface area (Å²) in [5.41, 5.74) is 3.80. The zero-order chi connectivity index (χ0) is 12.8. The summed E-state index contributed by atoms with van der Waals surface area (Å²) in [6.07, 6.45) is 5.11. The second-order valence-electron chi connectivity index (χ2n) is 4.49. The molecule has 0 aliphatic carbocycles. The molecule has 0 fully saturated rings. The minimum absolute atomic E-state index is 0.846. The van der Waals surface area contributed by atoms with Crippen LogP contribution in [0.25, 0.3) is 0 Å². The first-order valence-electron chi connectivity index (χ1n) is 6.61. The van der Waals surface area contributed by atoms with Gasteiger partial charge in [0.05, 0.1) is 12.0 Å². The fourth-order valence-corrected chi connectivity index (χ4v) is 1.93. The maximum absolute atomic E-state index is 4.38. The van der Waals surface area contributed by atoms with Crippen molar-refractivity contribution in [1.82, 2.24) is 14.9 Å². The van der Waals surface area contributed by atoms with Crippen LogP contribution in [0.2, 0.25) is 0 Å². The number of nitrogens with zero attached hydrogens (tertiary/aromatic N) is 2. The molecule has 1 aromatic carbocycles. The van der Waals surface area contributed by atoms with E-state index in [9.17, 15) is 0 Å². The topological polar surface area (TPSA) is 29.9 Å². The van der Waals surface area contributed by atoms with Gasteiger partial charge in [0, 0.05) is 19.3 Å². The smallest absolute Gasteiger partial charge is 0.0953 e. The molecular formula is C15H21N3. The summed E-state index contributed by atoms with van der Waals surface area (Å²) in [6.45, 7) is 7.00. The van der Waals surface area contributed by atoms with Crippen LogP contribution >= 0.6 is 0 Å². The van der Waals surface area contributed by atoms with E-state index in [0.29, 0.717) is 0 Å². The molecule has 0 amide bonds. The van der Waals surface area contributed by atoms with Crippen LogP contribution in [0.3, 0.4) is 0 Å². The van der Waals surface area contributed by atoms with Gasteiger partial charge in [-0.1, -0.05) is 38.1 Å². The average molecular weight is 243 g/mol. The lowest BCUT2D eigenvalue weighted by Crippen LogP contribution is -2.11. The Morgan fingerprint density at radius 3 is 2.50 bits per heavy atom. The molecule has 0 atom stereocenters. The Hall–Kier alpha value is -1.61. The van der Waals surface area contributed by atoms with Crippen molar-refractivity contribution in [3.63, 3.8) is 0 Å². The summed E-state index contributed by atoms with van der Waals surface area (Å²) >= 11 is 0. The number of aromatic nitrogens is 2. The lowest BCUT2D eigenvalue weighted by molar-refractivity contribution is 0.712. The van der Waals surface area contributed by atoms with Crippen LogP contribution in [0.1, 0.15) is 30.7 Å². The molecule has 0 unspecified atom stereocenters. The van der Waals surface area contributed by atoms with Gasteiger partial charge in [-0.15, -0.1) is 0 Å². The van der Waals surface area contributed by atoms with Gasteiger partial charge in [-0.2, -0.15) is 0 Å². The number of imidazole rings is 1. The molecule has 0 saturated carbocycles. The molecule has 3 nitrogen and oxygen atoms in total. The van der Waals surface area contributed by atoms with Crippen LogP contribution in [-0.2, 0) is 19.5 Å². The second kappa shape index (κ2) is 6.36. The van der Waals surface area contributed by atoms with E-state index in [2.05, 4.69) is 59.2 Å². The van der Waals surface area contributed by atoms with Crippen molar-refractivity contribution in [2.24, 2.45) is 0 Å². The van der Waals surface area contributed by atoms with Crippen LogP contribution in [0, 0.1) is 0 Å². The van der Waals surface area contributed by atoms with Crippen molar-refractivity contribution in [2.75, 3.05) is 6.54 Å². The third-order valence-electron chi connectivity index (χ3n) is 3.04. The summed E-state index contributed by atoms with van der Waals surface area (Å²) in [4.78, 5) is 4.38. The zero-order valence-electron chi connectivity index (χ0n) is 11.2. The zero-order valence-corrected chi connectivity index (χ0v) is 11.2. The summed E-state index contributed by atoms with van der Waals surface area (Å²) in [6, 6.07) is 8.79. The van der Waals surface area contributed by atoms with Gasteiger partial charge in [-0.05, 0) is 24.1 Å². The summed E-state index contributed by atoms with van der Waals surface area (Å²) in [5.74, 6) is 0. The molecule has 1 aromatic heterocycles. The van der Waals surface area contributed by atoms with E-state index >= 15 is 0 Å². The van der Waals surface area contributed by atoms with Gasteiger partial charge < -0.3 is 9.88 Å². The van der Waals surface area contributed by atoms with E-state index in [-0.39, 0.29) is 0 Å². The van der Waals surface area contributed by atoms with Gasteiger partial charge in [0.2, 0.25) is 0 Å². The third-order valence-corrected chi connectivity index (χ3v) is 3.04. The van der Waals surface area contributed by atoms with Gasteiger partial charge in [0.1, 0.15) is 0 Å². The Morgan fingerprint density at radius 1 is 1.11 bits per heavy atom. The van der Waals surface area contributed by atoms with Crippen LogP contribution < -0.4 is 5.32 Å². The number of aryl methyl sites for hydroxylation is 1. The van der Waals surface area contributed by atoms with Gasteiger partial charge in [-0.3, -0.25) is 0 Å². The standard InChI is InChI=1S/C15H21N3/c1-3-13-5-7-14(8-6-13)10-18-11-15(17-12-18)9-16-4-2/h5-8,11-12,16H,3-4,9-10H2,1-2H3. The highest BCUT2D eigenvalue weighted by Gasteiger charge is 1.99. The normalized spacial score (nSPS) is 10.8. The van der Waals surface area contributed by atoms with E-state index in [0.717, 1.165) is 31.7 Å². The highest BCUT2D eigenvalue weighted by Crippen LogP contribution is 2.07. The third kappa shape index (κ3) is 3.44. The Morgan fingerprint density at radius 2 is 1.83 bits per heavy atom. The fraction of sp³-hybridized carbons (Fsp3) is 0.400. The molecule has 0 aliphatic rings. The minimum atomic E-state index is 0.846. The number of hydrogen-bond donors (Lipinski definition) is 1. The molecule has 3 heteroatoms. The summed E-state index contributed by atoms with van der Waals surface area (Å²) in [7, 11) is 0. The molecule has 18 heavy (non-hydrogen) atoms. The number of hydrogen-bond acceptors (Lipinski definition) is 2. The van der Waals surface area contributed by atoms with Crippen molar-refractivity contribution >= 4 is 0 Å². The predicted octanol–water partition coefficient (Wildman–Crippen LogP) is 2.60. The van der Waals surface area contributed by atoms with Crippen LogP contribution in [0.4, 0.5) is 0 Å². The van der Waals surface area contributed by atoms with Crippen LogP contribution in [0.15, 0.2) is 36.8 Å². The maximum atomic E-state index is 4.38. The molecule has 1 heterocycles. The largest absolute Gasteiger partial charge is 0.333 e. The van der Waals surface area contributed by atoms with Crippen molar-refractivity contribution in [2.45, 2.75) is 33.4 Å². The first-order chi connectivity index (χ1) is 8.81. The van der Waals surface area contributed by atoms with E-state index in [1.54, 1.807) is 0 Å². The first kappa shape index (κ1) is 12.8. The molecule has 96 valence electrons. The Balaban J connectivity index is 1.97. The van der Waals surface area contributed by atoms with E-state index in [1.165, 1.54) is 11.1 Å². The quantitative estimate of drug-likeness (QED) is 0.845. The number of nitrogens with one attached hydrogen (secondary N) is 1. The first-order valence-corrected chi connectivity index (χ1v) is 6.61. The van der Waals surface area contributed by atoms with Crippen molar-refractivity contribution in [1.29, 1.82) is 0 Å². The lowest BCUT2D eigenvalue weighted by atomic mass is 10.1. The van der Waals surface area contributed by atoms with E-state index < -0.39 is 0 Å². The SMILES string of the molecule is CCNCc1cn(Cc2ccc(CC)cc2)cn1. The van der Waals surface area contributed by atoms with Gasteiger partial charge in [-0.25, -0.2) is 4.98 Å². The molecular weight excluding hydrogens is 222 g/mol. The highest BCUT2D eigenvalue weighted by molar-refractivity contribution is 5.22. The van der Waals surface area contributed by atoms with Gasteiger partial charge in [0.15, 0.2) is 0 Å². The molecule has 2 rings (SSSR count). The van der Waals surface area contributed by atoms with Gasteiger partial charge >= 0.3 is 0 Å². The maximum Gasteiger partial charge on any atom is 0.0953 e. The fourth-order valence-electron chi connectivity index (χ4n) is 1.93. The minimum Gasteiger partial charge on any atom is -0.333 e. The Labute approximate surface area is 109 Å². The number of benzene rings is 1. The second-order valence-corrected chi connectivity index (χ2v) is 4.49. The van der Waals surface area contributed by atoms with Gasteiger partial charge in [0.25, 0.3) is 0 Å². The summed E-state index contributed by atoms with van der Waals surface area (Å²) in [5, 5.41) is 3.28. The lowest BCUT2D eigenvalue weighted by Gasteiger charge is -2.03. The average Bonchev–Trinajstić information content (AvgIpc) is 2.85. The molecule has 0 bridgehead atoms. The van der Waals surface area contributed by atoms with Crippen molar-refractivity contribution in [3.8, 4) is 0 Å². The molecule has 0 spiro atoms. The van der Waals surface area contributed by atoms with Crippen LogP contribution in [0.5, 0.6) is 0 Å².